The number of halogens is 1. The molecule has 5 aliphatic rings. The molecule has 6 rings (SSSR count). The second-order valence-corrected chi connectivity index (χ2v) is 15.6. The lowest BCUT2D eigenvalue weighted by molar-refractivity contribution is -0.140. The number of allylic oxidation sites excluding steroid dienone is 1. The molecule has 0 aromatic heterocycles. The number of nitrogens with two attached hydrogens (primary N) is 1. The molecular formula is C32H42ClN5O8S. The Balaban J connectivity index is 1.21. The molecule has 0 radical (unpaired) electrons. The van der Waals surface area contributed by atoms with Gasteiger partial charge >= 0.3 is 6.09 Å². The molecule has 0 bridgehead atoms. The number of carbonyl (C=O) groups is 4. The molecule has 15 heteroatoms. The molecular weight excluding hydrogens is 650 g/mol. The maximum Gasteiger partial charge on any atom is 0.410 e. The number of hydrogen-bond acceptors (Lipinski definition) is 9. The van der Waals surface area contributed by atoms with Gasteiger partial charge in [-0.1, -0.05) is 48.7 Å². The zero-order chi connectivity index (χ0) is 33.6. The number of carbonyl (C=O) groups excluding carboxylic acids is 4. The summed E-state index contributed by atoms with van der Waals surface area (Å²) in [5, 5.41) is 3.37. The van der Waals surface area contributed by atoms with Crippen molar-refractivity contribution in [2.75, 3.05) is 13.2 Å². The minimum atomic E-state index is -4.19. The molecule has 3 fully saturated rings. The van der Waals surface area contributed by atoms with Crippen LogP contribution in [-0.2, 0) is 47.0 Å². The van der Waals surface area contributed by atoms with E-state index in [0.29, 0.717) is 18.0 Å². The summed E-state index contributed by atoms with van der Waals surface area (Å²) < 4.78 is 39.9. The number of nitrogens with one attached hydrogen (secondary N) is 2. The van der Waals surface area contributed by atoms with Crippen LogP contribution in [0.2, 0.25) is 5.02 Å². The van der Waals surface area contributed by atoms with Crippen molar-refractivity contribution in [2.24, 2.45) is 11.7 Å². The molecule has 3 heterocycles. The molecule has 47 heavy (non-hydrogen) atoms. The number of sulfonamides is 1. The average Bonchev–Trinajstić information content (AvgIpc) is 3.85. The minimum absolute atomic E-state index is 0.0124. The molecule has 2 aliphatic carbocycles. The smallest absolute Gasteiger partial charge is 0.410 e. The fraction of sp³-hybridized carbons (Fsp3) is 0.625. The van der Waals surface area contributed by atoms with Crippen molar-refractivity contribution >= 4 is 45.4 Å². The van der Waals surface area contributed by atoms with Gasteiger partial charge in [-0.3, -0.25) is 19.3 Å². The molecule has 1 aromatic rings. The van der Waals surface area contributed by atoms with Gasteiger partial charge in [0.15, 0.2) is 4.93 Å². The molecule has 1 saturated heterocycles. The van der Waals surface area contributed by atoms with Crippen LogP contribution in [0.5, 0.6) is 0 Å². The van der Waals surface area contributed by atoms with E-state index in [1.165, 1.54) is 9.80 Å². The lowest BCUT2D eigenvalue weighted by Gasteiger charge is -2.28. The fourth-order valence-corrected chi connectivity index (χ4v) is 8.73. The average molecular weight is 692 g/mol. The van der Waals surface area contributed by atoms with Crippen LogP contribution in [0.3, 0.4) is 0 Å². The quantitative estimate of drug-likeness (QED) is 0.378. The van der Waals surface area contributed by atoms with Crippen LogP contribution in [0, 0.1) is 5.92 Å². The summed E-state index contributed by atoms with van der Waals surface area (Å²) in [5.41, 5.74) is 6.54. The Morgan fingerprint density at radius 1 is 1.17 bits per heavy atom. The van der Waals surface area contributed by atoms with Gasteiger partial charge in [0, 0.05) is 30.5 Å². The second-order valence-electron chi connectivity index (χ2n) is 13.2. The Morgan fingerprint density at radius 3 is 2.68 bits per heavy atom. The molecule has 1 aromatic carbocycles. The third kappa shape index (κ3) is 6.61. The van der Waals surface area contributed by atoms with E-state index in [2.05, 4.69) is 10.0 Å². The first-order valence-electron chi connectivity index (χ1n) is 16.4. The van der Waals surface area contributed by atoms with E-state index < -0.39 is 68.4 Å². The van der Waals surface area contributed by atoms with E-state index in [4.69, 9.17) is 26.8 Å². The SMILES string of the molecule is CCOC1(S(=O)(=O)NC(=O)[C@@]23C[C@H]2C=CCCCCCC(N)C(=O)N2C[C@H](OC(=O)N4Cc5cccc(Cl)c5C4)C[C@H]2C(=O)N3)CC1. The highest BCUT2D eigenvalue weighted by molar-refractivity contribution is 7.91. The maximum atomic E-state index is 14.0. The van der Waals surface area contributed by atoms with E-state index in [1.54, 1.807) is 13.0 Å². The Hall–Kier alpha value is -3.20. The predicted octanol–water partition coefficient (Wildman–Crippen LogP) is 2.46. The van der Waals surface area contributed by atoms with E-state index in [-0.39, 0.29) is 45.4 Å². The summed E-state index contributed by atoms with van der Waals surface area (Å²) in [6.07, 6.45) is 6.64. The molecule has 5 atom stereocenters. The predicted molar refractivity (Wildman–Crippen MR) is 171 cm³/mol. The van der Waals surface area contributed by atoms with Gasteiger partial charge in [-0.15, -0.1) is 0 Å². The van der Waals surface area contributed by atoms with Crippen LogP contribution in [0.25, 0.3) is 0 Å². The highest BCUT2D eigenvalue weighted by Gasteiger charge is 2.64. The van der Waals surface area contributed by atoms with E-state index in [9.17, 15) is 27.6 Å². The number of ether oxygens (including phenoxy) is 2. The van der Waals surface area contributed by atoms with Gasteiger partial charge in [0.05, 0.1) is 19.1 Å². The third-order valence-electron chi connectivity index (χ3n) is 9.92. The van der Waals surface area contributed by atoms with Gasteiger partial charge in [-0.2, -0.15) is 0 Å². The largest absolute Gasteiger partial charge is 0.444 e. The first-order valence-corrected chi connectivity index (χ1v) is 18.2. The van der Waals surface area contributed by atoms with Crippen molar-refractivity contribution in [1.82, 2.24) is 19.8 Å². The van der Waals surface area contributed by atoms with Crippen molar-refractivity contribution < 1.29 is 37.1 Å². The summed E-state index contributed by atoms with van der Waals surface area (Å²) in [7, 11) is -4.19. The van der Waals surface area contributed by atoms with Crippen LogP contribution in [-0.4, -0.2) is 83.8 Å². The normalized spacial score (nSPS) is 30.3. The standard InChI is InChI=1S/C32H42ClN5O8S/c1-2-45-31(13-14-31)47(43,44)36-29(41)32-16-21(32)10-6-4-3-5-7-12-25(34)28(40)38-18-22(15-26(38)27(39)35-32)46-30(42)37-17-20-9-8-11-24(33)23(20)19-37/h6,8-11,21-22,25-26H,2-5,7,12-19,34H2,1H3,(H,35,39)(H,36,41)/t21-,22-,25?,26+,32-/m1/s1. The van der Waals surface area contributed by atoms with E-state index in [0.717, 1.165) is 36.8 Å². The monoisotopic (exact) mass is 691 g/mol. The van der Waals surface area contributed by atoms with Crippen molar-refractivity contribution in [2.45, 2.75) is 106 Å². The lowest BCUT2D eigenvalue weighted by atomic mass is 10.1. The van der Waals surface area contributed by atoms with Crippen LogP contribution in [0.1, 0.15) is 75.8 Å². The summed E-state index contributed by atoms with van der Waals surface area (Å²) in [6.45, 7) is 2.39. The van der Waals surface area contributed by atoms with Gasteiger partial charge in [-0.05, 0) is 62.6 Å². The molecule has 256 valence electrons. The Bertz CT molecular complexity index is 1580. The number of benzene rings is 1. The number of rotatable bonds is 6. The molecule has 3 aliphatic heterocycles. The van der Waals surface area contributed by atoms with Crippen LogP contribution in [0.15, 0.2) is 30.4 Å². The fourth-order valence-electron chi connectivity index (χ4n) is 6.95. The molecule has 13 nitrogen and oxygen atoms in total. The van der Waals surface area contributed by atoms with Crippen molar-refractivity contribution in [1.29, 1.82) is 0 Å². The van der Waals surface area contributed by atoms with Gasteiger partial charge in [0.25, 0.3) is 15.9 Å². The molecule has 1 unspecified atom stereocenters. The topological polar surface area (TPSA) is 177 Å². The van der Waals surface area contributed by atoms with E-state index >= 15 is 0 Å². The van der Waals surface area contributed by atoms with Crippen LogP contribution >= 0.6 is 11.6 Å². The van der Waals surface area contributed by atoms with Crippen molar-refractivity contribution in [3.63, 3.8) is 0 Å². The molecule has 0 spiro atoms. The van der Waals surface area contributed by atoms with Crippen molar-refractivity contribution in [3.05, 3.63) is 46.5 Å². The lowest BCUT2D eigenvalue weighted by Crippen LogP contribution is -2.58. The van der Waals surface area contributed by atoms with E-state index in [1.807, 2.05) is 24.3 Å². The summed E-state index contributed by atoms with van der Waals surface area (Å²) in [6, 6.07) is 3.52. The molecule has 2 saturated carbocycles. The molecule has 4 N–H and O–H groups in total. The molecule has 4 amide bonds. The van der Waals surface area contributed by atoms with Gasteiger partial charge in [-0.25, -0.2) is 17.9 Å². The van der Waals surface area contributed by atoms with Gasteiger partial charge in [0.1, 0.15) is 17.7 Å². The Labute approximate surface area is 279 Å². The van der Waals surface area contributed by atoms with Crippen molar-refractivity contribution in [3.8, 4) is 0 Å². The Morgan fingerprint density at radius 2 is 1.96 bits per heavy atom. The number of hydrogen-bond donors (Lipinski definition) is 3. The summed E-state index contributed by atoms with van der Waals surface area (Å²) in [5.74, 6) is -2.38. The highest BCUT2D eigenvalue weighted by Crippen LogP contribution is 2.48. The zero-order valence-corrected chi connectivity index (χ0v) is 28.0. The summed E-state index contributed by atoms with van der Waals surface area (Å²) >= 11 is 6.32. The maximum absolute atomic E-state index is 14.0. The van der Waals surface area contributed by atoms with Crippen LogP contribution in [0.4, 0.5) is 4.79 Å². The second kappa shape index (κ2) is 13.0. The summed E-state index contributed by atoms with van der Waals surface area (Å²) in [4.78, 5) is 55.9. The number of fused-ring (bicyclic) bond motifs is 3. The minimum Gasteiger partial charge on any atom is -0.444 e. The zero-order valence-electron chi connectivity index (χ0n) is 26.4. The van der Waals surface area contributed by atoms with Crippen LogP contribution < -0.4 is 15.8 Å². The third-order valence-corrected chi connectivity index (χ3v) is 12.2. The Kier molecular flexibility index (Phi) is 9.33. The number of nitrogens with zero attached hydrogens (tertiary/aromatic N) is 2. The van der Waals surface area contributed by atoms with Gasteiger partial charge < -0.3 is 25.4 Å². The first kappa shape index (κ1) is 33.7. The highest BCUT2D eigenvalue weighted by atomic mass is 35.5. The van der Waals surface area contributed by atoms with Gasteiger partial charge in [0.2, 0.25) is 11.8 Å². The number of amides is 4. The first-order chi connectivity index (χ1) is 22.4.